The molecule has 1 aromatic carbocycles. The minimum atomic E-state index is -0.376. The van der Waals surface area contributed by atoms with E-state index in [4.69, 9.17) is 23.8 Å². The molecule has 1 aromatic heterocycles. The number of thiocarbonyl (C=S) groups is 1. The number of carbonyl (C=O) groups excluding carboxylic acids is 1. The fraction of sp³-hybridized carbons (Fsp3) is 0.231. The van der Waals surface area contributed by atoms with E-state index in [-0.39, 0.29) is 11.0 Å². The first-order valence-corrected chi connectivity index (χ1v) is 8.21. The zero-order chi connectivity index (χ0) is 16.1. The van der Waals surface area contributed by atoms with Gasteiger partial charge >= 0.3 is 0 Å². The molecule has 0 aliphatic heterocycles. The molecule has 0 aliphatic carbocycles. The van der Waals surface area contributed by atoms with E-state index in [9.17, 15) is 4.79 Å². The highest BCUT2D eigenvalue weighted by Gasteiger charge is 2.14. The van der Waals surface area contributed by atoms with Crippen molar-refractivity contribution in [3.05, 3.63) is 40.7 Å². The van der Waals surface area contributed by atoms with Crippen molar-refractivity contribution in [1.29, 1.82) is 0 Å². The molecule has 0 aliphatic rings. The highest BCUT2D eigenvalue weighted by Crippen LogP contribution is 2.15. The van der Waals surface area contributed by atoms with Crippen LogP contribution in [0.1, 0.15) is 23.1 Å². The maximum absolute atomic E-state index is 12.1. The van der Waals surface area contributed by atoms with Crippen molar-refractivity contribution in [3.63, 3.8) is 0 Å². The Morgan fingerprint density at radius 2 is 2.14 bits per heavy atom. The molecule has 0 fully saturated rings. The van der Waals surface area contributed by atoms with Crippen LogP contribution >= 0.6 is 35.6 Å². The van der Waals surface area contributed by atoms with Crippen LogP contribution in [-0.4, -0.2) is 31.6 Å². The van der Waals surface area contributed by atoms with Crippen molar-refractivity contribution in [3.8, 4) is 0 Å². The number of hydrogen-bond acceptors (Lipinski definition) is 5. The molecular weight excluding hydrogens is 342 g/mol. The highest BCUT2D eigenvalue weighted by molar-refractivity contribution is 7.99. The molecule has 116 valence electrons. The Morgan fingerprint density at radius 1 is 1.41 bits per heavy atom. The van der Waals surface area contributed by atoms with E-state index in [2.05, 4.69) is 20.9 Å². The molecular formula is C13H14ClN5OS2. The molecule has 2 aromatic rings. The Bertz CT molecular complexity index is 703. The summed E-state index contributed by atoms with van der Waals surface area (Å²) in [6.07, 6.45) is 0. The quantitative estimate of drug-likeness (QED) is 0.649. The summed E-state index contributed by atoms with van der Waals surface area (Å²) in [5.74, 6) is 1.11. The molecule has 6 nitrogen and oxygen atoms in total. The maximum atomic E-state index is 12.1. The average molecular weight is 356 g/mol. The van der Waals surface area contributed by atoms with Crippen LogP contribution < -0.4 is 10.7 Å². The lowest BCUT2D eigenvalue weighted by Crippen LogP contribution is -2.38. The van der Waals surface area contributed by atoms with Gasteiger partial charge in [0.15, 0.2) is 5.11 Å². The van der Waals surface area contributed by atoms with Crippen LogP contribution in [0.15, 0.2) is 29.4 Å². The molecule has 22 heavy (non-hydrogen) atoms. The summed E-state index contributed by atoms with van der Waals surface area (Å²) < 4.78 is 1.63. The smallest absolute Gasteiger partial charge is 0.258 e. The molecule has 2 rings (SSSR count). The topological polar surface area (TPSA) is 71.8 Å². The predicted molar refractivity (Wildman–Crippen MR) is 92.0 cm³/mol. The SMILES string of the molecule is CCSc1nnc(C)n1NC(=S)NC(=O)c1ccccc1Cl. The summed E-state index contributed by atoms with van der Waals surface area (Å²) in [5, 5.41) is 11.8. The van der Waals surface area contributed by atoms with E-state index in [1.165, 1.54) is 11.8 Å². The third kappa shape index (κ3) is 3.96. The molecule has 0 saturated carbocycles. The standard InChI is InChI=1S/C13H14ClN5OS2/c1-3-22-13-17-16-8(2)19(13)18-12(21)15-11(20)9-6-4-5-7-10(9)14/h4-7H,3H2,1-2H3,(H2,15,18,20,21). The second kappa shape index (κ2) is 7.57. The van der Waals surface area contributed by atoms with Gasteiger partial charge in [-0.15, -0.1) is 10.2 Å². The number of thioether (sulfide) groups is 1. The zero-order valence-electron chi connectivity index (χ0n) is 12.0. The fourth-order valence-electron chi connectivity index (χ4n) is 1.64. The molecule has 0 spiro atoms. The first-order valence-electron chi connectivity index (χ1n) is 6.44. The van der Waals surface area contributed by atoms with E-state index >= 15 is 0 Å². The number of hydrogen-bond donors (Lipinski definition) is 2. The van der Waals surface area contributed by atoms with Gasteiger partial charge in [0.25, 0.3) is 5.91 Å². The Kier molecular flexibility index (Phi) is 5.76. The third-order valence-corrected chi connectivity index (χ3v) is 3.96. The lowest BCUT2D eigenvalue weighted by molar-refractivity contribution is 0.0977. The van der Waals surface area contributed by atoms with Gasteiger partial charge in [-0.1, -0.05) is 42.4 Å². The normalized spacial score (nSPS) is 10.3. The Balaban J connectivity index is 2.06. The number of rotatable bonds is 4. The number of nitrogens with zero attached hydrogens (tertiary/aromatic N) is 3. The first-order chi connectivity index (χ1) is 10.5. The molecule has 1 amide bonds. The zero-order valence-corrected chi connectivity index (χ0v) is 14.3. The maximum Gasteiger partial charge on any atom is 0.258 e. The van der Waals surface area contributed by atoms with Gasteiger partial charge in [-0.3, -0.25) is 15.5 Å². The van der Waals surface area contributed by atoms with E-state index in [0.717, 1.165) is 5.75 Å². The average Bonchev–Trinajstić information content (AvgIpc) is 2.81. The lowest BCUT2D eigenvalue weighted by atomic mass is 10.2. The minimum absolute atomic E-state index is 0.144. The van der Waals surface area contributed by atoms with Crippen molar-refractivity contribution >= 4 is 46.6 Å². The molecule has 0 bridgehead atoms. The van der Waals surface area contributed by atoms with Crippen molar-refractivity contribution in [2.75, 3.05) is 11.2 Å². The molecule has 0 unspecified atom stereocenters. The number of carbonyl (C=O) groups is 1. The number of aromatic nitrogens is 3. The molecule has 9 heteroatoms. The van der Waals surface area contributed by atoms with Gasteiger partial charge < -0.3 is 0 Å². The second-order valence-corrected chi connectivity index (χ2v) is 6.22. The van der Waals surface area contributed by atoms with Crippen molar-refractivity contribution < 1.29 is 4.79 Å². The van der Waals surface area contributed by atoms with E-state index in [1.54, 1.807) is 35.9 Å². The lowest BCUT2D eigenvalue weighted by Gasteiger charge is -2.13. The molecule has 2 N–H and O–H groups in total. The fourth-order valence-corrected chi connectivity index (χ4v) is 2.71. The molecule has 0 saturated heterocycles. The molecule has 0 atom stereocenters. The van der Waals surface area contributed by atoms with Crippen LogP contribution in [0.25, 0.3) is 0 Å². The number of nitrogens with one attached hydrogen (secondary N) is 2. The van der Waals surface area contributed by atoms with Crippen LogP contribution in [-0.2, 0) is 0 Å². The van der Waals surface area contributed by atoms with Gasteiger partial charge in [0.05, 0.1) is 10.6 Å². The number of halogens is 1. The van der Waals surface area contributed by atoms with Gasteiger partial charge in [-0.2, -0.15) is 0 Å². The van der Waals surface area contributed by atoms with Crippen LogP contribution in [0.2, 0.25) is 5.02 Å². The Morgan fingerprint density at radius 3 is 2.82 bits per heavy atom. The number of benzene rings is 1. The van der Waals surface area contributed by atoms with Crippen molar-refractivity contribution in [2.24, 2.45) is 0 Å². The van der Waals surface area contributed by atoms with Gasteiger partial charge in [0.1, 0.15) is 5.82 Å². The highest BCUT2D eigenvalue weighted by atomic mass is 35.5. The number of amides is 1. The van der Waals surface area contributed by atoms with Gasteiger partial charge in [-0.25, -0.2) is 4.68 Å². The first kappa shape index (κ1) is 16.7. The minimum Gasteiger partial charge on any atom is -0.298 e. The van der Waals surface area contributed by atoms with E-state index < -0.39 is 0 Å². The molecule has 1 heterocycles. The van der Waals surface area contributed by atoms with Crippen molar-refractivity contribution in [1.82, 2.24) is 20.2 Å². The number of aryl methyl sites for hydroxylation is 1. The predicted octanol–water partition coefficient (Wildman–Crippen LogP) is 2.61. The largest absolute Gasteiger partial charge is 0.298 e. The van der Waals surface area contributed by atoms with E-state index in [0.29, 0.717) is 21.6 Å². The van der Waals surface area contributed by atoms with Gasteiger partial charge in [0.2, 0.25) is 5.16 Å². The summed E-state index contributed by atoms with van der Waals surface area (Å²) in [7, 11) is 0. The molecule has 0 radical (unpaired) electrons. The van der Waals surface area contributed by atoms with Crippen molar-refractivity contribution in [2.45, 2.75) is 19.0 Å². The summed E-state index contributed by atoms with van der Waals surface area (Å²) in [6, 6.07) is 6.76. The summed E-state index contributed by atoms with van der Waals surface area (Å²) in [4.78, 5) is 12.1. The summed E-state index contributed by atoms with van der Waals surface area (Å²) >= 11 is 12.7. The monoisotopic (exact) mass is 355 g/mol. The van der Waals surface area contributed by atoms with Crippen LogP contribution in [0.4, 0.5) is 0 Å². The van der Waals surface area contributed by atoms with Gasteiger partial charge in [-0.05, 0) is 37.0 Å². The van der Waals surface area contributed by atoms with E-state index in [1.807, 2.05) is 6.92 Å². The van der Waals surface area contributed by atoms with Crippen LogP contribution in [0.3, 0.4) is 0 Å². The second-order valence-electron chi connectivity index (χ2n) is 4.17. The Hall–Kier alpha value is -1.64. The van der Waals surface area contributed by atoms with Crippen LogP contribution in [0, 0.1) is 6.92 Å². The summed E-state index contributed by atoms with van der Waals surface area (Å²) in [6.45, 7) is 3.80. The summed E-state index contributed by atoms with van der Waals surface area (Å²) in [5.41, 5.74) is 3.25. The Labute approximate surface area is 142 Å². The third-order valence-electron chi connectivity index (χ3n) is 2.63. The van der Waals surface area contributed by atoms with Crippen LogP contribution in [0.5, 0.6) is 0 Å². The van der Waals surface area contributed by atoms with Gasteiger partial charge in [0, 0.05) is 0 Å².